The Hall–Kier alpha value is -1.75. The second-order valence-corrected chi connectivity index (χ2v) is 3.32. The van der Waals surface area contributed by atoms with Gasteiger partial charge in [0.2, 0.25) is 0 Å². The summed E-state index contributed by atoms with van der Waals surface area (Å²) in [5, 5.41) is 21.4. The van der Waals surface area contributed by atoms with Gasteiger partial charge < -0.3 is 20.3 Å². The van der Waals surface area contributed by atoms with Crippen LogP contribution in [-0.4, -0.2) is 36.4 Å². The number of carbonyl (C=O) groups is 1. The Kier molecular flexibility index (Phi) is 4.60. The Balaban J connectivity index is 2.35. The van der Waals surface area contributed by atoms with Gasteiger partial charge in [-0.3, -0.25) is 4.79 Å². The third-order valence-electron chi connectivity index (χ3n) is 2.14. The summed E-state index contributed by atoms with van der Waals surface area (Å²) in [6.07, 6.45) is 0.573. The molecule has 0 aromatic heterocycles. The van der Waals surface area contributed by atoms with Crippen LogP contribution in [0.2, 0.25) is 0 Å². The molecule has 88 valence electrons. The van der Waals surface area contributed by atoms with E-state index in [4.69, 9.17) is 5.11 Å². The summed E-state index contributed by atoms with van der Waals surface area (Å²) < 4.78 is 4.46. The smallest absolute Gasteiger partial charge is 0.319 e. The summed E-state index contributed by atoms with van der Waals surface area (Å²) in [6.45, 7) is 0.697. The van der Waals surface area contributed by atoms with Crippen molar-refractivity contribution in [2.24, 2.45) is 0 Å². The van der Waals surface area contributed by atoms with Crippen molar-refractivity contribution in [1.82, 2.24) is 5.32 Å². The van der Waals surface area contributed by atoms with Crippen molar-refractivity contribution in [2.45, 2.75) is 6.42 Å². The molecule has 0 aliphatic carbocycles. The van der Waals surface area contributed by atoms with Crippen molar-refractivity contribution in [3.05, 3.63) is 23.8 Å². The number of aromatic hydroxyl groups is 2. The molecular weight excluding hydrogens is 210 g/mol. The summed E-state index contributed by atoms with van der Waals surface area (Å²) in [5.74, 6) is -0.237. The molecule has 0 amide bonds. The lowest BCUT2D eigenvalue weighted by molar-refractivity contribution is -0.139. The normalized spacial score (nSPS) is 10.1. The largest absolute Gasteiger partial charge is 0.508 e. The highest BCUT2D eigenvalue weighted by Gasteiger charge is 2.03. The first-order valence-electron chi connectivity index (χ1n) is 4.92. The number of esters is 1. The molecule has 5 heteroatoms. The molecule has 0 saturated heterocycles. The van der Waals surface area contributed by atoms with Crippen molar-refractivity contribution in [1.29, 1.82) is 0 Å². The minimum atomic E-state index is -0.324. The third-order valence-corrected chi connectivity index (χ3v) is 2.14. The van der Waals surface area contributed by atoms with Crippen LogP contribution in [0.25, 0.3) is 0 Å². The van der Waals surface area contributed by atoms with Crippen LogP contribution in [0.1, 0.15) is 5.56 Å². The summed E-state index contributed by atoms with van der Waals surface area (Å²) in [5.41, 5.74) is 0.718. The number of ether oxygens (including phenoxy) is 1. The molecule has 0 aliphatic rings. The average Bonchev–Trinajstić information content (AvgIpc) is 2.26. The van der Waals surface area contributed by atoms with Gasteiger partial charge in [0.1, 0.15) is 11.5 Å². The maximum atomic E-state index is 10.8. The van der Waals surface area contributed by atoms with E-state index in [0.717, 1.165) is 5.56 Å². The lowest BCUT2D eigenvalue weighted by Gasteiger charge is -2.06. The number of carbonyl (C=O) groups excluding carboxylic acids is 1. The molecule has 0 spiro atoms. The highest BCUT2D eigenvalue weighted by Crippen LogP contribution is 2.22. The number of nitrogens with one attached hydrogen (secondary N) is 1. The van der Waals surface area contributed by atoms with E-state index in [0.29, 0.717) is 13.0 Å². The molecule has 1 aromatic carbocycles. The van der Waals surface area contributed by atoms with Gasteiger partial charge in [-0.25, -0.2) is 0 Å². The standard InChI is InChI=1S/C11H15NO4/c1-16-11(15)7-12-5-4-8-2-3-9(13)6-10(8)14/h2-3,6,12-14H,4-5,7H2,1H3. The predicted molar refractivity (Wildman–Crippen MR) is 58.4 cm³/mol. The SMILES string of the molecule is COC(=O)CNCCc1ccc(O)cc1O. The van der Waals surface area contributed by atoms with Gasteiger partial charge in [0.05, 0.1) is 13.7 Å². The van der Waals surface area contributed by atoms with Crippen LogP contribution in [0.3, 0.4) is 0 Å². The van der Waals surface area contributed by atoms with Gasteiger partial charge in [-0.15, -0.1) is 0 Å². The molecule has 0 unspecified atom stereocenters. The minimum Gasteiger partial charge on any atom is -0.508 e. The maximum absolute atomic E-state index is 10.8. The number of rotatable bonds is 5. The van der Waals surface area contributed by atoms with Crippen molar-refractivity contribution in [2.75, 3.05) is 20.2 Å². The van der Waals surface area contributed by atoms with Crippen LogP contribution in [-0.2, 0) is 16.0 Å². The van der Waals surface area contributed by atoms with Crippen molar-refractivity contribution >= 4 is 5.97 Å². The summed E-state index contributed by atoms with van der Waals surface area (Å²) in [7, 11) is 1.33. The summed E-state index contributed by atoms with van der Waals surface area (Å²) in [6, 6.07) is 4.44. The van der Waals surface area contributed by atoms with Gasteiger partial charge in [-0.1, -0.05) is 6.07 Å². The molecule has 1 rings (SSSR count). The Morgan fingerprint density at radius 2 is 2.19 bits per heavy atom. The number of methoxy groups -OCH3 is 1. The highest BCUT2D eigenvalue weighted by atomic mass is 16.5. The fourth-order valence-electron chi connectivity index (χ4n) is 1.25. The number of benzene rings is 1. The van der Waals surface area contributed by atoms with Crippen molar-refractivity contribution < 1.29 is 19.7 Å². The second kappa shape index (κ2) is 5.97. The van der Waals surface area contributed by atoms with Gasteiger partial charge >= 0.3 is 5.97 Å². The van der Waals surface area contributed by atoms with Gasteiger partial charge in [-0.2, -0.15) is 0 Å². The van der Waals surface area contributed by atoms with Crippen LogP contribution < -0.4 is 5.32 Å². The number of phenols is 2. The number of hydrogen-bond acceptors (Lipinski definition) is 5. The van der Waals surface area contributed by atoms with Crippen LogP contribution >= 0.6 is 0 Å². The zero-order chi connectivity index (χ0) is 12.0. The third kappa shape index (κ3) is 3.78. The van der Waals surface area contributed by atoms with Gasteiger partial charge in [0, 0.05) is 6.07 Å². The summed E-state index contributed by atoms with van der Waals surface area (Å²) >= 11 is 0. The lowest BCUT2D eigenvalue weighted by atomic mass is 10.1. The molecular formula is C11H15NO4. The predicted octanol–water partition coefficient (Wildman–Crippen LogP) is 0.403. The monoisotopic (exact) mass is 225 g/mol. The highest BCUT2D eigenvalue weighted by molar-refractivity contribution is 5.71. The van der Waals surface area contributed by atoms with Crippen LogP contribution in [0.4, 0.5) is 0 Å². The lowest BCUT2D eigenvalue weighted by Crippen LogP contribution is -2.25. The fraction of sp³-hybridized carbons (Fsp3) is 0.364. The van der Waals surface area contributed by atoms with Crippen molar-refractivity contribution in [3.63, 3.8) is 0 Å². The Labute approximate surface area is 93.7 Å². The molecule has 1 aromatic rings. The topological polar surface area (TPSA) is 78.8 Å². The Bertz CT molecular complexity index is 365. The number of hydrogen-bond donors (Lipinski definition) is 3. The van der Waals surface area contributed by atoms with Gasteiger partial charge in [0.25, 0.3) is 0 Å². The summed E-state index contributed by atoms with van der Waals surface area (Å²) in [4.78, 5) is 10.8. The first-order chi connectivity index (χ1) is 7.63. The second-order valence-electron chi connectivity index (χ2n) is 3.32. The zero-order valence-corrected chi connectivity index (χ0v) is 9.06. The molecule has 3 N–H and O–H groups in total. The van der Waals surface area contributed by atoms with E-state index in [2.05, 4.69) is 10.1 Å². The van der Waals surface area contributed by atoms with Gasteiger partial charge in [-0.05, 0) is 24.6 Å². The van der Waals surface area contributed by atoms with Crippen molar-refractivity contribution in [3.8, 4) is 11.5 Å². The minimum absolute atomic E-state index is 0.0313. The van der Waals surface area contributed by atoms with Crippen LogP contribution in [0.5, 0.6) is 11.5 Å². The molecule has 0 atom stereocenters. The fourth-order valence-corrected chi connectivity index (χ4v) is 1.25. The van der Waals surface area contributed by atoms with E-state index in [1.54, 1.807) is 6.07 Å². The van der Waals surface area contributed by atoms with Crippen LogP contribution in [0.15, 0.2) is 18.2 Å². The number of phenolic OH excluding ortho intramolecular Hbond substituents is 2. The van der Waals surface area contributed by atoms with E-state index in [1.807, 2.05) is 0 Å². The van der Waals surface area contributed by atoms with E-state index >= 15 is 0 Å². The van der Waals surface area contributed by atoms with E-state index < -0.39 is 0 Å². The molecule has 0 aliphatic heterocycles. The first-order valence-corrected chi connectivity index (χ1v) is 4.92. The molecule has 5 nitrogen and oxygen atoms in total. The maximum Gasteiger partial charge on any atom is 0.319 e. The molecule has 0 saturated carbocycles. The molecule has 0 radical (unpaired) electrons. The zero-order valence-electron chi connectivity index (χ0n) is 9.06. The molecule has 0 bridgehead atoms. The van der Waals surface area contributed by atoms with Crippen LogP contribution in [0, 0.1) is 0 Å². The Morgan fingerprint density at radius 3 is 2.81 bits per heavy atom. The van der Waals surface area contributed by atoms with Gasteiger partial charge in [0.15, 0.2) is 0 Å². The first kappa shape index (κ1) is 12.3. The van der Waals surface area contributed by atoms with E-state index in [9.17, 15) is 9.90 Å². The Morgan fingerprint density at radius 1 is 1.44 bits per heavy atom. The molecule has 0 heterocycles. The van der Waals surface area contributed by atoms with E-state index in [-0.39, 0.29) is 24.0 Å². The molecule has 16 heavy (non-hydrogen) atoms. The van der Waals surface area contributed by atoms with E-state index in [1.165, 1.54) is 19.2 Å². The molecule has 0 fully saturated rings. The average molecular weight is 225 g/mol. The quantitative estimate of drug-likeness (QED) is 0.499.